The zero-order valence-electron chi connectivity index (χ0n) is 10.1. The maximum absolute atomic E-state index is 2.44. The minimum Gasteiger partial charge on any atom is -0.0851 e. The van der Waals surface area contributed by atoms with E-state index in [9.17, 15) is 0 Å². The van der Waals surface area contributed by atoms with Crippen LogP contribution in [0.3, 0.4) is 0 Å². The van der Waals surface area contributed by atoms with Gasteiger partial charge in [0.15, 0.2) is 0 Å². The summed E-state index contributed by atoms with van der Waals surface area (Å²) in [5.74, 6) is 0. The molecule has 0 heteroatoms. The third-order valence-electron chi connectivity index (χ3n) is 3.43. The highest BCUT2D eigenvalue weighted by Gasteiger charge is 2.26. The molecule has 0 aromatic carbocycles. The van der Waals surface area contributed by atoms with E-state index in [0.717, 1.165) is 0 Å². The lowest BCUT2D eigenvalue weighted by atomic mass is 9.71. The van der Waals surface area contributed by atoms with Gasteiger partial charge in [-0.15, -0.1) is 0 Å². The minimum absolute atomic E-state index is 0.666. The van der Waals surface area contributed by atoms with Crippen LogP contribution < -0.4 is 0 Å². The first-order chi connectivity index (χ1) is 6.22. The van der Waals surface area contributed by atoms with E-state index in [2.05, 4.69) is 26.8 Å². The summed E-state index contributed by atoms with van der Waals surface area (Å²) in [4.78, 5) is 0. The van der Waals surface area contributed by atoms with Crippen LogP contribution in [0.25, 0.3) is 0 Å². The lowest BCUT2D eigenvalue weighted by Gasteiger charge is -2.34. The van der Waals surface area contributed by atoms with Crippen molar-refractivity contribution in [3.05, 3.63) is 11.6 Å². The molecule has 1 rings (SSSR count). The molecule has 0 nitrogen and oxygen atoms in total. The molecule has 1 aliphatic rings. The molecule has 0 aliphatic heterocycles. The summed E-state index contributed by atoms with van der Waals surface area (Å²) in [5.41, 5.74) is 2.27. The summed E-state index contributed by atoms with van der Waals surface area (Å²) in [5, 5.41) is 0. The van der Waals surface area contributed by atoms with Gasteiger partial charge in [-0.2, -0.15) is 0 Å². The standard InChI is InChI=1S/C11H20.C2H6/c1-4-11(5-2)8-6-10(3)7-9-11;1-2/h6H,4-5,7-9H2,1-3H3;1-2H3. The summed E-state index contributed by atoms with van der Waals surface area (Å²) < 4.78 is 0. The average Bonchev–Trinajstić information content (AvgIpc) is 2.23. The van der Waals surface area contributed by atoms with Crippen molar-refractivity contribution in [3.8, 4) is 0 Å². The molecule has 0 unspecified atom stereocenters. The van der Waals surface area contributed by atoms with E-state index in [1.165, 1.54) is 32.1 Å². The fourth-order valence-corrected chi connectivity index (χ4v) is 1.95. The predicted octanol–water partition coefficient (Wildman–Crippen LogP) is 4.95. The van der Waals surface area contributed by atoms with Gasteiger partial charge in [-0.1, -0.05) is 52.2 Å². The Bertz CT molecular complexity index is 149. The molecule has 1 aliphatic carbocycles. The van der Waals surface area contributed by atoms with Crippen LogP contribution in [0.2, 0.25) is 0 Å². The van der Waals surface area contributed by atoms with Crippen LogP contribution in [0, 0.1) is 5.41 Å². The number of hydrogen-bond donors (Lipinski definition) is 0. The van der Waals surface area contributed by atoms with Crippen molar-refractivity contribution in [2.24, 2.45) is 5.41 Å². The quantitative estimate of drug-likeness (QED) is 0.530. The van der Waals surface area contributed by atoms with Crippen molar-refractivity contribution in [2.75, 3.05) is 0 Å². The number of hydrogen-bond acceptors (Lipinski definition) is 0. The first kappa shape index (κ1) is 12.7. The van der Waals surface area contributed by atoms with Crippen molar-refractivity contribution in [1.82, 2.24) is 0 Å². The third kappa shape index (κ3) is 3.54. The summed E-state index contributed by atoms with van der Waals surface area (Å²) in [6.45, 7) is 10.9. The van der Waals surface area contributed by atoms with Gasteiger partial charge in [-0.25, -0.2) is 0 Å². The van der Waals surface area contributed by atoms with Crippen molar-refractivity contribution in [3.63, 3.8) is 0 Å². The SMILES string of the molecule is CC.CCC1(CC)CC=C(C)CC1. The largest absolute Gasteiger partial charge is 0.0851 e. The predicted molar refractivity (Wildman–Crippen MR) is 62.0 cm³/mol. The van der Waals surface area contributed by atoms with Crippen molar-refractivity contribution in [1.29, 1.82) is 0 Å². The minimum atomic E-state index is 0.666. The molecule has 0 saturated heterocycles. The second-order valence-electron chi connectivity index (χ2n) is 3.96. The third-order valence-corrected chi connectivity index (χ3v) is 3.43. The topological polar surface area (TPSA) is 0 Å². The normalized spacial score (nSPS) is 19.9. The maximum Gasteiger partial charge on any atom is -0.0265 e. The first-order valence-corrected chi connectivity index (χ1v) is 5.88. The second kappa shape index (κ2) is 6.23. The van der Waals surface area contributed by atoms with Gasteiger partial charge < -0.3 is 0 Å². The Labute approximate surface area is 84.4 Å². The van der Waals surface area contributed by atoms with Gasteiger partial charge in [0.25, 0.3) is 0 Å². The van der Waals surface area contributed by atoms with Gasteiger partial charge in [0, 0.05) is 0 Å². The van der Waals surface area contributed by atoms with Crippen LogP contribution in [0.15, 0.2) is 11.6 Å². The highest BCUT2D eigenvalue weighted by molar-refractivity contribution is 5.06. The maximum atomic E-state index is 2.44. The molecule has 0 radical (unpaired) electrons. The summed E-state index contributed by atoms with van der Waals surface area (Å²) in [6.07, 6.45) is 9.23. The Kier molecular flexibility index (Phi) is 6.11. The molecule has 0 bridgehead atoms. The molecule has 0 saturated carbocycles. The molecule has 0 fully saturated rings. The van der Waals surface area contributed by atoms with E-state index in [0.29, 0.717) is 5.41 Å². The highest BCUT2D eigenvalue weighted by atomic mass is 14.3. The molecular formula is C13H26. The summed E-state index contributed by atoms with van der Waals surface area (Å²) in [7, 11) is 0. The fourth-order valence-electron chi connectivity index (χ4n) is 1.95. The van der Waals surface area contributed by atoms with Crippen LogP contribution in [-0.2, 0) is 0 Å². The smallest absolute Gasteiger partial charge is 0.0265 e. The summed E-state index contributed by atoms with van der Waals surface area (Å²) in [6, 6.07) is 0. The molecule has 0 aromatic heterocycles. The Morgan fingerprint density at radius 3 is 2.08 bits per heavy atom. The van der Waals surface area contributed by atoms with Crippen LogP contribution in [0.4, 0.5) is 0 Å². The van der Waals surface area contributed by atoms with E-state index in [4.69, 9.17) is 0 Å². The first-order valence-electron chi connectivity index (χ1n) is 5.88. The van der Waals surface area contributed by atoms with Gasteiger partial charge in [-0.3, -0.25) is 0 Å². The molecule has 78 valence electrons. The van der Waals surface area contributed by atoms with E-state index in [1.54, 1.807) is 5.57 Å². The molecule has 0 heterocycles. The number of allylic oxidation sites excluding steroid dienone is 2. The lowest BCUT2D eigenvalue weighted by molar-refractivity contribution is 0.232. The lowest BCUT2D eigenvalue weighted by Crippen LogP contribution is -2.20. The zero-order valence-corrected chi connectivity index (χ0v) is 10.1. The van der Waals surface area contributed by atoms with Crippen LogP contribution >= 0.6 is 0 Å². The van der Waals surface area contributed by atoms with Gasteiger partial charge in [-0.05, 0) is 31.6 Å². The Balaban J connectivity index is 0.000000671. The van der Waals surface area contributed by atoms with Gasteiger partial charge in [0.2, 0.25) is 0 Å². The average molecular weight is 182 g/mol. The van der Waals surface area contributed by atoms with Crippen molar-refractivity contribution < 1.29 is 0 Å². The van der Waals surface area contributed by atoms with E-state index < -0.39 is 0 Å². The zero-order chi connectivity index (χ0) is 10.3. The molecule has 0 spiro atoms. The Morgan fingerprint density at radius 1 is 1.23 bits per heavy atom. The Morgan fingerprint density at radius 2 is 1.77 bits per heavy atom. The van der Waals surface area contributed by atoms with Gasteiger partial charge in [0.1, 0.15) is 0 Å². The molecule has 0 atom stereocenters. The molecule has 0 amide bonds. The summed E-state index contributed by atoms with van der Waals surface area (Å²) >= 11 is 0. The monoisotopic (exact) mass is 182 g/mol. The molecule has 0 aromatic rings. The fraction of sp³-hybridized carbons (Fsp3) is 0.846. The van der Waals surface area contributed by atoms with Crippen LogP contribution in [0.1, 0.15) is 66.7 Å². The highest BCUT2D eigenvalue weighted by Crippen LogP contribution is 2.40. The molecule has 13 heavy (non-hydrogen) atoms. The molecular weight excluding hydrogens is 156 g/mol. The van der Waals surface area contributed by atoms with Crippen molar-refractivity contribution >= 4 is 0 Å². The van der Waals surface area contributed by atoms with Gasteiger partial charge in [0.05, 0.1) is 0 Å². The van der Waals surface area contributed by atoms with Crippen molar-refractivity contribution in [2.45, 2.75) is 66.7 Å². The van der Waals surface area contributed by atoms with E-state index in [-0.39, 0.29) is 0 Å². The van der Waals surface area contributed by atoms with Crippen LogP contribution in [0.5, 0.6) is 0 Å². The second-order valence-corrected chi connectivity index (χ2v) is 3.96. The Hall–Kier alpha value is -0.260. The number of rotatable bonds is 2. The van der Waals surface area contributed by atoms with Gasteiger partial charge >= 0.3 is 0 Å². The van der Waals surface area contributed by atoms with E-state index in [1.807, 2.05) is 13.8 Å². The molecule has 0 N–H and O–H groups in total. The van der Waals surface area contributed by atoms with E-state index >= 15 is 0 Å². The van der Waals surface area contributed by atoms with Crippen LogP contribution in [-0.4, -0.2) is 0 Å².